The molecule has 0 fully saturated rings. The molecule has 0 aliphatic heterocycles. The highest BCUT2D eigenvalue weighted by molar-refractivity contribution is 7.87. The molecule has 0 aliphatic rings. The fraction of sp³-hybridized carbons (Fsp3) is 0.316. The zero-order valence-electron chi connectivity index (χ0n) is 15.2. The van der Waals surface area contributed by atoms with Crippen LogP contribution >= 0.6 is 0 Å². The molecule has 0 heterocycles. The summed E-state index contributed by atoms with van der Waals surface area (Å²) in [5, 5.41) is 5.92. The summed E-state index contributed by atoms with van der Waals surface area (Å²) in [4.78, 5) is 11.1. The van der Waals surface area contributed by atoms with Crippen LogP contribution in [0.2, 0.25) is 0 Å². The predicted octanol–water partition coefficient (Wildman–Crippen LogP) is 3.30. The SMILES string of the molecule is CCC(C)NCc1ccccc1OS(=O)(=O)c1ccc(NC(C)=O)cc1. The minimum Gasteiger partial charge on any atom is -0.379 e. The molecule has 0 aliphatic carbocycles. The van der Waals surface area contributed by atoms with Crippen molar-refractivity contribution in [2.45, 2.75) is 44.7 Å². The van der Waals surface area contributed by atoms with Gasteiger partial charge in [-0.25, -0.2) is 0 Å². The second-order valence-corrected chi connectivity index (χ2v) is 7.59. The van der Waals surface area contributed by atoms with Crippen LogP contribution in [0.1, 0.15) is 32.8 Å². The van der Waals surface area contributed by atoms with Crippen LogP contribution in [0.4, 0.5) is 5.69 Å². The van der Waals surface area contributed by atoms with Gasteiger partial charge in [0.05, 0.1) is 0 Å². The van der Waals surface area contributed by atoms with Gasteiger partial charge in [0.1, 0.15) is 10.6 Å². The molecule has 0 saturated heterocycles. The number of amides is 1. The van der Waals surface area contributed by atoms with Crippen LogP contribution < -0.4 is 14.8 Å². The number of anilines is 1. The van der Waals surface area contributed by atoms with Gasteiger partial charge in [0.15, 0.2) is 0 Å². The highest BCUT2D eigenvalue weighted by atomic mass is 32.2. The Morgan fingerprint density at radius 3 is 2.38 bits per heavy atom. The maximum Gasteiger partial charge on any atom is 0.339 e. The highest BCUT2D eigenvalue weighted by Crippen LogP contribution is 2.24. The Morgan fingerprint density at radius 1 is 1.12 bits per heavy atom. The fourth-order valence-corrected chi connectivity index (χ4v) is 3.20. The molecule has 140 valence electrons. The van der Waals surface area contributed by atoms with Crippen molar-refractivity contribution >= 4 is 21.7 Å². The number of hydrogen-bond acceptors (Lipinski definition) is 5. The van der Waals surface area contributed by atoms with Crippen LogP contribution in [0.25, 0.3) is 0 Å². The molecule has 2 aromatic carbocycles. The molecule has 0 bridgehead atoms. The van der Waals surface area contributed by atoms with Crippen molar-refractivity contribution in [2.75, 3.05) is 5.32 Å². The summed E-state index contributed by atoms with van der Waals surface area (Å²) >= 11 is 0. The average molecular weight is 376 g/mol. The van der Waals surface area contributed by atoms with Crippen molar-refractivity contribution in [3.63, 3.8) is 0 Å². The molecular weight excluding hydrogens is 352 g/mol. The third kappa shape index (κ3) is 5.57. The molecule has 2 rings (SSSR count). The first kappa shape index (κ1) is 19.9. The molecule has 0 radical (unpaired) electrons. The van der Waals surface area contributed by atoms with E-state index in [0.29, 0.717) is 24.0 Å². The Labute approximate surface area is 154 Å². The van der Waals surface area contributed by atoms with Gasteiger partial charge in [-0.3, -0.25) is 4.79 Å². The standard InChI is InChI=1S/C19H24N2O4S/c1-4-14(2)20-13-16-7-5-6-8-19(16)25-26(23,24)18-11-9-17(10-12-18)21-15(3)22/h5-12,14,20H,4,13H2,1-3H3,(H,21,22). The lowest BCUT2D eigenvalue weighted by atomic mass is 10.2. The second kappa shape index (κ2) is 8.82. The van der Waals surface area contributed by atoms with Gasteiger partial charge in [-0.05, 0) is 43.7 Å². The van der Waals surface area contributed by atoms with E-state index in [-0.39, 0.29) is 10.8 Å². The van der Waals surface area contributed by atoms with E-state index < -0.39 is 10.1 Å². The van der Waals surface area contributed by atoms with Crippen molar-refractivity contribution in [1.82, 2.24) is 5.32 Å². The Bertz CT molecular complexity index is 848. The molecule has 0 spiro atoms. The van der Waals surface area contributed by atoms with Crippen LogP contribution in [0.15, 0.2) is 53.4 Å². The second-order valence-electron chi connectivity index (χ2n) is 6.04. The number of hydrogen-bond donors (Lipinski definition) is 2. The smallest absolute Gasteiger partial charge is 0.339 e. The Kier molecular flexibility index (Phi) is 6.76. The summed E-state index contributed by atoms with van der Waals surface area (Å²) in [5.74, 6) is 0.0776. The predicted molar refractivity (Wildman–Crippen MR) is 102 cm³/mol. The molecule has 0 aromatic heterocycles. The summed E-state index contributed by atoms with van der Waals surface area (Å²) < 4.78 is 30.5. The first-order valence-electron chi connectivity index (χ1n) is 8.45. The van der Waals surface area contributed by atoms with Gasteiger partial charge in [-0.2, -0.15) is 8.42 Å². The topological polar surface area (TPSA) is 84.5 Å². The number of rotatable bonds is 8. The third-order valence-corrected chi connectivity index (χ3v) is 5.14. The molecule has 26 heavy (non-hydrogen) atoms. The van der Waals surface area contributed by atoms with Gasteiger partial charge >= 0.3 is 10.1 Å². The van der Waals surface area contributed by atoms with Crippen LogP contribution in [0.3, 0.4) is 0 Å². The normalized spacial score (nSPS) is 12.4. The van der Waals surface area contributed by atoms with E-state index in [0.717, 1.165) is 12.0 Å². The Balaban J connectivity index is 2.17. The van der Waals surface area contributed by atoms with Crippen molar-refractivity contribution in [3.8, 4) is 5.75 Å². The van der Waals surface area contributed by atoms with Gasteiger partial charge in [-0.1, -0.05) is 25.1 Å². The minimum absolute atomic E-state index is 0.0243. The molecule has 6 nitrogen and oxygen atoms in total. The molecular formula is C19H24N2O4S. The lowest BCUT2D eigenvalue weighted by Gasteiger charge is -2.15. The first-order valence-corrected chi connectivity index (χ1v) is 9.86. The summed E-state index contributed by atoms with van der Waals surface area (Å²) in [6, 6.07) is 13.2. The maximum absolute atomic E-state index is 12.6. The zero-order chi connectivity index (χ0) is 19.2. The van der Waals surface area contributed by atoms with Crippen LogP contribution in [0, 0.1) is 0 Å². The van der Waals surface area contributed by atoms with E-state index in [2.05, 4.69) is 24.5 Å². The molecule has 7 heteroatoms. The lowest BCUT2D eigenvalue weighted by Crippen LogP contribution is -2.25. The maximum atomic E-state index is 12.6. The van der Waals surface area contributed by atoms with Gasteiger partial charge in [0.2, 0.25) is 5.91 Å². The number of carbonyl (C=O) groups excluding carboxylic acids is 1. The number of carbonyl (C=O) groups is 1. The van der Waals surface area contributed by atoms with Gasteiger partial charge in [-0.15, -0.1) is 0 Å². The summed E-state index contributed by atoms with van der Waals surface area (Å²) in [5.41, 5.74) is 1.29. The summed E-state index contributed by atoms with van der Waals surface area (Å²) in [6.07, 6.45) is 0.974. The van der Waals surface area contributed by atoms with Crippen molar-refractivity contribution in [3.05, 3.63) is 54.1 Å². The Morgan fingerprint density at radius 2 is 1.77 bits per heavy atom. The zero-order valence-corrected chi connectivity index (χ0v) is 16.0. The summed E-state index contributed by atoms with van der Waals surface area (Å²) in [7, 11) is -3.97. The fourth-order valence-electron chi connectivity index (χ4n) is 2.23. The number of nitrogens with one attached hydrogen (secondary N) is 2. The summed E-state index contributed by atoms with van der Waals surface area (Å²) in [6.45, 7) is 6.05. The van der Waals surface area contributed by atoms with Gasteiger partial charge < -0.3 is 14.8 Å². The van der Waals surface area contributed by atoms with Crippen molar-refractivity contribution < 1.29 is 17.4 Å². The quantitative estimate of drug-likeness (QED) is 0.691. The van der Waals surface area contributed by atoms with Gasteiger partial charge in [0, 0.05) is 30.8 Å². The molecule has 1 amide bonds. The Hall–Kier alpha value is -2.38. The van der Waals surface area contributed by atoms with Gasteiger partial charge in [0.25, 0.3) is 0 Å². The van der Waals surface area contributed by atoms with E-state index in [1.807, 2.05) is 12.1 Å². The molecule has 1 unspecified atom stereocenters. The number of para-hydroxylation sites is 1. The van der Waals surface area contributed by atoms with E-state index in [1.165, 1.54) is 31.2 Å². The van der Waals surface area contributed by atoms with E-state index in [1.54, 1.807) is 12.1 Å². The minimum atomic E-state index is -3.97. The van der Waals surface area contributed by atoms with Crippen LogP contribution in [0.5, 0.6) is 5.75 Å². The highest BCUT2D eigenvalue weighted by Gasteiger charge is 2.18. The van der Waals surface area contributed by atoms with E-state index in [4.69, 9.17) is 4.18 Å². The molecule has 2 aromatic rings. The molecule has 1 atom stereocenters. The van der Waals surface area contributed by atoms with E-state index in [9.17, 15) is 13.2 Å². The van der Waals surface area contributed by atoms with Crippen LogP contribution in [-0.2, 0) is 21.5 Å². The lowest BCUT2D eigenvalue weighted by molar-refractivity contribution is -0.114. The van der Waals surface area contributed by atoms with Crippen molar-refractivity contribution in [2.24, 2.45) is 0 Å². The van der Waals surface area contributed by atoms with E-state index >= 15 is 0 Å². The largest absolute Gasteiger partial charge is 0.379 e. The monoisotopic (exact) mass is 376 g/mol. The molecule has 0 saturated carbocycles. The number of benzene rings is 2. The molecule has 2 N–H and O–H groups in total. The third-order valence-electron chi connectivity index (χ3n) is 3.89. The van der Waals surface area contributed by atoms with Crippen LogP contribution in [-0.4, -0.2) is 20.4 Å². The average Bonchev–Trinajstić information content (AvgIpc) is 2.60. The first-order chi connectivity index (χ1) is 12.3. The van der Waals surface area contributed by atoms with Crippen molar-refractivity contribution in [1.29, 1.82) is 0 Å².